The molecule has 2 N–H and O–H groups in total. The van der Waals surface area contributed by atoms with Crippen LogP contribution in [0.1, 0.15) is 20.8 Å². The zero-order valence-electron chi connectivity index (χ0n) is 14.3. The van der Waals surface area contributed by atoms with Crippen molar-refractivity contribution in [2.75, 3.05) is 17.2 Å². The van der Waals surface area contributed by atoms with Crippen LogP contribution in [0.5, 0.6) is 5.75 Å². The number of halogens is 2. The molecular formula is C19H13Cl2N3O3S. The lowest BCUT2D eigenvalue weighted by molar-refractivity contribution is -0.118. The summed E-state index contributed by atoms with van der Waals surface area (Å²) in [5.41, 5.74) is 1.96. The standard InChI is InChI=1S/C19H13Cl2N3O3S/c20-13-3-1-10(6-14(13)21)5-12-8-22-19(28-12)24-18(26)11-2-4-15-16(7-11)27-9-17(25)23-15/h1-4,6-8H,5,9H2,(H,23,25)(H,22,24,26). The van der Waals surface area contributed by atoms with E-state index < -0.39 is 0 Å². The second-order valence-corrected chi connectivity index (χ2v) is 7.99. The number of hydrogen-bond donors (Lipinski definition) is 2. The highest BCUT2D eigenvalue weighted by molar-refractivity contribution is 7.15. The van der Waals surface area contributed by atoms with Gasteiger partial charge in [0.1, 0.15) is 5.75 Å². The number of carbonyl (C=O) groups is 2. The number of nitrogens with one attached hydrogen (secondary N) is 2. The van der Waals surface area contributed by atoms with Gasteiger partial charge in [-0.05, 0) is 35.9 Å². The van der Waals surface area contributed by atoms with Gasteiger partial charge >= 0.3 is 0 Å². The van der Waals surface area contributed by atoms with Gasteiger partial charge in [0.05, 0.1) is 15.7 Å². The van der Waals surface area contributed by atoms with Crippen molar-refractivity contribution >= 4 is 57.2 Å². The third-order valence-corrected chi connectivity index (χ3v) is 5.66. The van der Waals surface area contributed by atoms with E-state index in [1.165, 1.54) is 11.3 Å². The number of thiazole rings is 1. The topological polar surface area (TPSA) is 80.3 Å². The Morgan fingerprint density at radius 2 is 2.07 bits per heavy atom. The Labute approximate surface area is 174 Å². The molecule has 0 radical (unpaired) electrons. The summed E-state index contributed by atoms with van der Waals surface area (Å²) in [5, 5.41) is 6.97. The van der Waals surface area contributed by atoms with Gasteiger partial charge in [0.2, 0.25) is 0 Å². The molecule has 1 aromatic heterocycles. The molecule has 0 atom stereocenters. The van der Waals surface area contributed by atoms with Crippen molar-refractivity contribution in [2.24, 2.45) is 0 Å². The van der Waals surface area contributed by atoms with Gasteiger partial charge in [-0.1, -0.05) is 29.3 Å². The lowest BCUT2D eigenvalue weighted by atomic mass is 10.1. The average Bonchev–Trinajstić information content (AvgIpc) is 3.11. The fourth-order valence-corrected chi connectivity index (χ4v) is 3.85. The van der Waals surface area contributed by atoms with Gasteiger partial charge in [-0.3, -0.25) is 14.9 Å². The van der Waals surface area contributed by atoms with Crippen molar-refractivity contribution in [2.45, 2.75) is 6.42 Å². The molecule has 0 bridgehead atoms. The minimum Gasteiger partial charge on any atom is -0.482 e. The smallest absolute Gasteiger partial charge is 0.262 e. The molecular weight excluding hydrogens is 421 g/mol. The van der Waals surface area contributed by atoms with Crippen molar-refractivity contribution in [3.8, 4) is 5.75 Å². The molecule has 1 aliphatic rings. The Balaban J connectivity index is 1.44. The summed E-state index contributed by atoms with van der Waals surface area (Å²) in [6.45, 7) is -0.0668. The van der Waals surface area contributed by atoms with Crippen LogP contribution in [-0.2, 0) is 11.2 Å². The highest BCUT2D eigenvalue weighted by Gasteiger charge is 2.18. The van der Waals surface area contributed by atoms with Crippen LogP contribution in [-0.4, -0.2) is 23.4 Å². The molecule has 142 valence electrons. The van der Waals surface area contributed by atoms with Crippen LogP contribution in [0.25, 0.3) is 0 Å². The molecule has 0 spiro atoms. The van der Waals surface area contributed by atoms with Crippen LogP contribution in [0.4, 0.5) is 10.8 Å². The SMILES string of the molecule is O=C1COc2cc(C(=O)Nc3ncc(Cc4ccc(Cl)c(Cl)c4)s3)ccc2N1. The first-order valence-corrected chi connectivity index (χ1v) is 9.82. The third-order valence-electron chi connectivity index (χ3n) is 4.01. The van der Waals surface area contributed by atoms with Crippen LogP contribution in [0.3, 0.4) is 0 Å². The molecule has 0 aliphatic carbocycles. The number of rotatable bonds is 4. The van der Waals surface area contributed by atoms with Gasteiger partial charge in [0, 0.05) is 23.1 Å². The van der Waals surface area contributed by atoms with Crippen LogP contribution >= 0.6 is 34.5 Å². The number of fused-ring (bicyclic) bond motifs is 1. The highest BCUT2D eigenvalue weighted by atomic mass is 35.5. The van der Waals surface area contributed by atoms with E-state index in [-0.39, 0.29) is 18.4 Å². The van der Waals surface area contributed by atoms with Crippen LogP contribution in [0.15, 0.2) is 42.6 Å². The predicted molar refractivity (Wildman–Crippen MR) is 110 cm³/mol. The lowest BCUT2D eigenvalue weighted by Crippen LogP contribution is -2.25. The molecule has 0 saturated carbocycles. The number of ether oxygens (including phenoxy) is 1. The Kier molecular flexibility index (Phi) is 5.21. The molecule has 6 nitrogen and oxygen atoms in total. The fourth-order valence-electron chi connectivity index (χ4n) is 2.68. The molecule has 0 saturated heterocycles. The van der Waals surface area contributed by atoms with Crippen molar-refractivity contribution in [3.63, 3.8) is 0 Å². The van der Waals surface area contributed by atoms with E-state index in [1.54, 1.807) is 30.5 Å². The molecule has 2 amide bonds. The molecule has 1 aliphatic heterocycles. The van der Waals surface area contributed by atoms with Gasteiger partial charge in [-0.2, -0.15) is 0 Å². The summed E-state index contributed by atoms with van der Waals surface area (Å²) < 4.78 is 5.34. The van der Waals surface area contributed by atoms with E-state index in [0.29, 0.717) is 38.6 Å². The monoisotopic (exact) mass is 433 g/mol. The second-order valence-electron chi connectivity index (χ2n) is 6.06. The maximum absolute atomic E-state index is 12.5. The number of benzene rings is 2. The average molecular weight is 434 g/mol. The Morgan fingerprint density at radius 1 is 1.21 bits per heavy atom. The number of hydrogen-bond acceptors (Lipinski definition) is 5. The van der Waals surface area contributed by atoms with E-state index in [0.717, 1.165) is 10.4 Å². The van der Waals surface area contributed by atoms with Crippen molar-refractivity contribution < 1.29 is 14.3 Å². The number of aromatic nitrogens is 1. The minimum atomic E-state index is -0.307. The normalized spacial score (nSPS) is 12.7. The minimum absolute atomic E-state index is 0.0668. The van der Waals surface area contributed by atoms with Crippen LogP contribution < -0.4 is 15.4 Å². The largest absolute Gasteiger partial charge is 0.482 e. The van der Waals surface area contributed by atoms with Crippen LogP contribution in [0, 0.1) is 0 Å². The maximum atomic E-state index is 12.5. The summed E-state index contributed by atoms with van der Waals surface area (Å²) >= 11 is 13.4. The molecule has 4 rings (SSSR count). The second kappa shape index (κ2) is 7.79. The molecule has 2 aromatic carbocycles. The summed E-state index contributed by atoms with van der Waals surface area (Å²) in [4.78, 5) is 29.0. The zero-order valence-corrected chi connectivity index (χ0v) is 16.6. The van der Waals surface area contributed by atoms with Gasteiger partial charge in [0.25, 0.3) is 11.8 Å². The number of nitrogens with zero attached hydrogens (tertiary/aromatic N) is 1. The first-order valence-electron chi connectivity index (χ1n) is 8.24. The molecule has 0 fully saturated rings. The fraction of sp³-hybridized carbons (Fsp3) is 0.105. The zero-order chi connectivity index (χ0) is 19.7. The quantitative estimate of drug-likeness (QED) is 0.628. The molecule has 3 aromatic rings. The number of carbonyl (C=O) groups excluding carboxylic acids is 2. The van der Waals surface area contributed by atoms with Gasteiger partial charge < -0.3 is 10.1 Å². The lowest BCUT2D eigenvalue weighted by Gasteiger charge is -2.18. The van der Waals surface area contributed by atoms with E-state index in [9.17, 15) is 9.59 Å². The molecule has 2 heterocycles. The van der Waals surface area contributed by atoms with Gasteiger partial charge in [0.15, 0.2) is 11.7 Å². The summed E-state index contributed by atoms with van der Waals surface area (Å²) in [7, 11) is 0. The Morgan fingerprint density at radius 3 is 2.89 bits per heavy atom. The molecule has 0 unspecified atom stereocenters. The van der Waals surface area contributed by atoms with E-state index in [2.05, 4.69) is 15.6 Å². The molecule has 28 heavy (non-hydrogen) atoms. The van der Waals surface area contributed by atoms with E-state index >= 15 is 0 Å². The van der Waals surface area contributed by atoms with Crippen molar-refractivity contribution in [3.05, 3.63) is 68.6 Å². The summed E-state index contributed by atoms with van der Waals surface area (Å²) in [6.07, 6.45) is 2.35. The van der Waals surface area contributed by atoms with Crippen LogP contribution in [0.2, 0.25) is 10.0 Å². The third kappa shape index (κ3) is 4.11. The highest BCUT2D eigenvalue weighted by Crippen LogP contribution is 2.30. The number of amides is 2. The van der Waals surface area contributed by atoms with E-state index in [1.807, 2.05) is 12.1 Å². The Hall–Kier alpha value is -2.61. The Bertz CT molecular complexity index is 1080. The van der Waals surface area contributed by atoms with Gasteiger partial charge in [-0.15, -0.1) is 11.3 Å². The molecule has 9 heteroatoms. The summed E-state index contributed by atoms with van der Waals surface area (Å²) in [6, 6.07) is 10.3. The number of anilines is 2. The van der Waals surface area contributed by atoms with Crippen molar-refractivity contribution in [1.82, 2.24) is 4.98 Å². The maximum Gasteiger partial charge on any atom is 0.262 e. The predicted octanol–water partition coefficient (Wildman–Crippen LogP) is 4.62. The first-order chi connectivity index (χ1) is 13.5. The summed E-state index contributed by atoms with van der Waals surface area (Å²) in [5.74, 6) is -0.0626. The van der Waals surface area contributed by atoms with Gasteiger partial charge in [-0.25, -0.2) is 4.98 Å². The first kappa shape index (κ1) is 18.7. The van der Waals surface area contributed by atoms with E-state index in [4.69, 9.17) is 27.9 Å². The van der Waals surface area contributed by atoms with Crippen molar-refractivity contribution in [1.29, 1.82) is 0 Å².